The molecule has 0 aromatic carbocycles. The van der Waals surface area contributed by atoms with E-state index in [2.05, 4.69) is 0 Å². The number of rotatable bonds is 1. The zero-order valence-electron chi connectivity index (χ0n) is 8.32. The molecule has 0 aromatic rings. The van der Waals surface area contributed by atoms with E-state index in [4.69, 9.17) is 0 Å². The van der Waals surface area contributed by atoms with Crippen LogP contribution in [0, 0.1) is 5.92 Å². The summed E-state index contributed by atoms with van der Waals surface area (Å²) in [6.45, 7) is 1.57. The second-order valence-electron chi connectivity index (χ2n) is 4.24. The Balaban J connectivity index is 2.64. The molecule has 0 radical (unpaired) electrons. The summed E-state index contributed by atoms with van der Waals surface area (Å²) in [5.74, 6) is -0.253. The lowest BCUT2D eigenvalue weighted by molar-refractivity contribution is -0.133. The van der Waals surface area contributed by atoms with Crippen molar-refractivity contribution in [3.63, 3.8) is 0 Å². The molecule has 76 valence electrons. The van der Waals surface area contributed by atoms with Gasteiger partial charge in [-0.2, -0.15) is 0 Å². The molecule has 0 saturated heterocycles. The molecule has 1 aliphatic carbocycles. The number of amides is 1. The average Bonchev–Trinajstić information content (AvgIpc) is 2.25. The standard InChI is InChI=1S/C9H17NO3/c1-9(13)5-6(4-7(9)11)8(12)10(2)3/h6-7,11,13H,4-5H2,1-3H3/t6-,7-,9-/m1/s1. The first-order valence-corrected chi connectivity index (χ1v) is 4.46. The highest BCUT2D eigenvalue weighted by molar-refractivity contribution is 5.78. The molecular weight excluding hydrogens is 170 g/mol. The van der Waals surface area contributed by atoms with Gasteiger partial charge in [-0.05, 0) is 19.8 Å². The molecular formula is C9H17NO3. The molecule has 0 unspecified atom stereocenters. The number of aliphatic hydroxyl groups is 2. The predicted molar refractivity (Wildman–Crippen MR) is 48.0 cm³/mol. The van der Waals surface area contributed by atoms with Gasteiger partial charge in [0, 0.05) is 20.0 Å². The van der Waals surface area contributed by atoms with Crippen LogP contribution in [-0.4, -0.2) is 46.8 Å². The predicted octanol–water partition coefficient (Wildman–Crippen LogP) is -0.404. The van der Waals surface area contributed by atoms with Gasteiger partial charge in [0.25, 0.3) is 0 Å². The highest BCUT2D eigenvalue weighted by Crippen LogP contribution is 2.35. The van der Waals surface area contributed by atoms with Gasteiger partial charge in [-0.3, -0.25) is 4.79 Å². The summed E-state index contributed by atoms with van der Waals surface area (Å²) < 4.78 is 0. The molecule has 0 aliphatic heterocycles. The van der Waals surface area contributed by atoms with Gasteiger partial charge in [-0.25, -0.2) is 0 Å². The molecule has 1 rings (SSSR count). The number of hydrogen-bond acceptors (Lipinski definition) is 3. The highest BCUT2D eigenvalue weighted by atomic mass is 16.3. The van der Waals surface area contributed by atoms with Crippen LogP contribution < -0.4 is 0 Å². The topological polar surface area (TPSA) is 60.8 Å². The molecule has 4 heteroatoms. The molecule has 1 aliphatic rings. The van der Waals surface area contributed by atoms with Crippen molar-refractivity contribution in [3.8, 4) is 0 Å². The summed E-state index contributed by atoms with van der Waals surface area (Å²) in [4.78, 5) is 13.0. The largest absolute Gasteiger partial charge is 0.390 e. The van der Waals surface area contributed by atoms with Crippen LogP contribution in [0.4, 0.5) is 0 Å². The van der Waals surface area contributed by atoms with Crippen LogP contribution in [0.25, 0.3) is 0 Å². The number of nitrogens with zero attached hydrogens (tertiary/aromatic N) is 1. The van der Waals surface area contributed by atoms with Crippen molar-refractivity contribution >= 4 is 5.91 Å². The van der Waals surface area contributed by atoms with Crippen molar-refractivity contribution in [1.82, 2.24) is 4.90 Å². The smallest absolute Gasteiger partial charge is 0.225 e. The van der Waals surface area contributed by atoms with Crippen LogP contribution in [0.2, 0.25) is 0 Å². The van der Waals surface area contributed by atoms with Crippen LogP contribution in [-0.2, 0) is 4.79 Å². The van der Waals surface area contributed by atoms with Gasteiger partial charge in [-0.1, -0.05) is 0 Å². The van der Waals surface area contributed by atoms with Crippen LogP contribution in [0.15, 0.2) is 0 Å². The van der Waals surface area contributed by atoms with Crippen LogP contribution >= 0.6 is 0 Å². The minimum absolute atomic E-state index is 0.0168. The van der Waals surface area contributed by atoms with Gasteiger partial charge in [0.1, 0.15) is 0 Å². The Morgan fingerprint density at radius 3 is 2.38 bits per heavy atom. The number of carbonyl (C=O) groups is 1. The van der Waals surface area contributed by atoms with Crippen molar-refractivity contribution in [1.29, 1.82) is 0 Å². The number of carbonyl (C=O) groups excluding carboxylic acids is 1. The Bertz CT molecular complexity index is 213. The van der Waals surface area contributed by atoms with E-state index in [1.807, 2.05) is 0 Å². The highest BCUT2D eigenvalue weighted by Gasteiger charge is 2.44. The maximum atomic E-state index is 11.5. The van der Waals surface area contributed by atoms with E-state index in [1.54, 1.807) is 21.0 Å². The quantitative estimate of drug-likeness (QED) is 0.587. The summed E-state index contributed by atoms with van der Waals surface area (Å²) in [6.07, 6.45) is -0.0590. The van der Waals surface area contributed by atoms with E-state index in [9.17, 15) is 15.0 Å². The SMILES string of the molecule is CN(C)C(=O)[C@@H]1C[C@@H](O)[C@](C)(O)C1. The van der Waals surface area contributed by atoms with Gasteiger partial charge >= 0.3 is 0 Å². The minimum atomic E-state index is -1.10. The second-order valence-corrected chi connectivity index (χ2v) is 4.24. The third kappa shape index (κ3) is 2.00. The van der Waals surface area contributed by atoms with Crippen LogP contribution in [0.3, 0.4) is 0 Å². The van der Waals surface area contributed by atoms with Crippen molar-refractivity contribution in [2.24, 2.45) is 5.92 Å². The Kier molecular flexibility index (Phi) is 2.63. The average molecular weight is 187 g/mol. The normalized spacial score (nSPS) is 39.2. The van der Waals surface area contributed by atoms with Crippen molar-refractivity contribution < 1.29 is 15.0 Å². The van der Waals surface area contributed by atoms with Gasteiger partial charge in [-0.15, -0.1) is 0 Å². The lowest BCUT2D eigenvalue weighted by Gasteiger charge is -2.20. The molecule has 1 saturated carbocycles. The van der Waals surface area contributed by atoms with Crippen LogP contribution in [0.1, 0.15) is 19.8 Å². The van der Waals surface area contributed by atoms with E-state index in [-0.39, 0.29) is 11.8 Å². The van der Waals surface area contributed by atoms with E-state index in [1.165, 1.54) is 4.90 Å². The third-order valence-corrected chi connectivity index (χ3v) is 2.68. The summed E-state index contributed by atoms with van der Waals surface area (Å²) in [7, 11) is 3.36. The fraction of sp³-hybridized carbons (Fsp3) is 0.889. The number of hydrogen-bond donors (Lipinski definition) is 2. The molecule has 2 N–H and O–H groups in total. The first-order chi connectivity index (χ1) is 5.84. The molecule has 1 fully saturated rings. The summed E-state index contributed by atoms with van der Waals surface area (Å²) in [5, 5.41) is 19.1. The Morgan fingerprint density at radius 2 is 2.08 bits per heavy atom. The zero-order chi connectivity index (χ0) is 10.2. The van der Waals surface area contributed by atoms with E-state index < -0.39 is 11.7 Å². The molecule has 0 aromatic heterocycles. The minimum Gasteiger partial charge on any atom is -0.390 e. The fourth-order valence-corrected chi connectivity index (χ4v) is 1.79. The first-order valence-electron chi connectivity index (χ1n) is 4.46. The molecule has 0 bridgehead atoms. The Hall–Kier alpha value is -0.610. The van der Waals surface area contributed by atoms with Crippen molar-refractivity contribution in [2.75, 3.05) is 14.1 Å². The molecule has 0 heterocycles. The summed E-state index contributed by atoms with van der Waals surface area (Å²) in [5.41, 5.74) is -1.10. The van der Waals surface area contributed by atoms with Crippen molar-refractivity contribution in [3.05, 3.63) is 0 Å². The molecule has 1 amide bonds. The molecule has 0 spiro atoms. The van der Waals surface area contributed by atoms with Gasteiger partial charge in [0.2, 0.25) is 5.91 Å². The molecule has 13 heavy (non-hydrogen) atoms. The van der Waals surface area contributed by atoms with Crippen LogP contribution in [0.5, 0.6) is 0 Å². The molecule has 3 atom stereocenters. The Labute approximate surface area is 78.2 Å². The second kappa shape index (κ2) is 3.27. The maximum absolute atomic E-state index is 11.5. The van der Waals surface area contributed by atoms with Gasteiger partial charge in [0.15, 0.2) is 0 Å². The maximum Gasteiger partial charge on any atom is 0.225 e. The van der Waals surface area contributed by atoms with Gasteiger partial charge in [0.05, 0.1) is 11.7 Å². The summed E-state index contributed by atoms with van der Waals surface area (Å²) >= 11 is 0. The van der Waals surface area contributed by atoms with Gasteiger partial charge < -0.3 is 15.1 Å². The number of aliphatic hydroxyl groups excluding tert-OH is 1. The molecule has 4 nitrogen and oxygen atoms in total. The van der Waals surface area contributed by atoms with Crippen molar-refractivity contribution in [2.45, 2.75) is 31.5 Å². The fourth-order valence-electron chi connectivity index (χ4n) is 1.79. The monoisotopic (exact) mass is 187 g/mol. The summed E-state index contributed by atoms with van der Waals surface area (Å²) in [6, 6.07) is 0. The van der Waals surface area contributed by atoms with E-state index in [0.29, 0.717) is 12.8 Å². The first kappa shape index (κ1) is 10.5. The van der Waals surface area contributed by atoms with E-state index in [0.717, 1.165) is 0 Å². The third-order valence-electron chi connectivity index (χ3n) is 2.68. The Morgan fingerprint density at radius 1 is 1.54 bits per heavy atom. The zero-order valence-corrected chi connectivity index (χ0v) is 8.32. The van der Waals surface area contributed by atoms with E-state index >= 15 is 0 Å². The lowest BCUT2D eigenvalue weighted by atomic mass is 10.0. The lowest BCUT2D eigenvalue weighted by Crippen LogP contribution is -2.33.